The number of carbonyl (C=O) groups excluding carboxylic acids is 2. The number of nitrogens with one attached hydrogen (secondary N) is 1. The van der Waals surface area contributed by atoms with E-state index in [1.54, 1.807) is 30.5 Å². The molecular formula is C24H22N4O2. The largest absolute Gasteiger partial charge is 0.326 e. The molecule has 1 amide bonds. The molecule has 0 radical (unpaired) electrons. The number of pyridine rings is 1. The van der Waals surface area contributed by atoms with Gasteiger partial charge in [-0.1, -0.05) is 18.2 Å². The lowest BCUT2D eigenvalue weighted by atomic mass is 10.1. The Bertz CT molecular complexity index is 1180. The van der Waals surface area contributed by atoms with Crippen LogP contribution in [0.3, 0.4) is 0 Å². The Kier molecular flexibility index (Phi) is 5.66. The van der Waals surface area contributed by atoms with Crippen LogP contribution in [0.2, 0.25) is 0 Å². The molecule has 4 rings (SSSR count). The minimum Gasteiger partial charge on any atom is -0.326 e. The highest BCUT2D eigenvalue weighted by Gasteiger charge is 2.13. The van der Waals surface area contributed by atoms with Gasteiger partial charge in [-0.2, -0.15) is 0 Å². The van der Waals surface area contributed by atoms with Crippen LogP contribution in [0.4, 0.5) is 5.69 Å². The first-order valence-electron chi connectivity index (χ1n) is 9.90. The van der Waals surface area contributed by atoms with Crippen LogP contribution in [0.15, 0.2) is 72.9 Å². The van der Waals surface area contributed by atoms with Gasteiger partial charge in [-0.25, -0.2) is 9.97 Å². The Hall–Kier alpha value is -3.80. The maximum Gasteiger partial charge on any atom is 0.224 e. The molecule has 0 unspecified atom stereocenters. The summed E-state index contributed by atoms with van der Waals surface area (Å²) in [4.78, 5) is 32.9. The van der Waals surface area contributed by atoms with Gasteiger partial charge in [0.25, 0.3) is 0 Å². The topological polar surface area (TPSA) is 76.9 Å². The Labute approximate surface area is 174 Å². The number of para-hydroxylation sites is 1. The fourth-order valence-electron chi connectivity index (χ4n) is 3.39. The summed E-state index contributed by atoms with van der Waals surface area (Å²) in [6, 6.07) is 20.7. The summed E-state index contributed by atoms with van der Waals surface area (Å²) in [6.07, 6.45) is 3.45. The van der Waals surface area contributed by atoms with Gasteiger partial charge in [-0.3, -0.25) is 14.2 Å². The molecule has 0 saturated carbocycles. The van der Waals surface area contributed by atoms with E-state index in [-0.39, 0.29) is 11.7 Å². The molecule has 0 aliphatic carbocycles. The van der Waals surface area contributed by atoms with Gasteiger partial charge < -0.3 is 5.32 Å². The van der Waals surface area contributed by atoms with Crippen molar-refractivity contribution in [2.75, 3.05) is 5.32 Å². The first kappa shape index (κ1) is 19.5. The third-order valence-electron chi connectivity index (χ3n) is 4.88. The van der Waals surface area contributed by atoms with Gasteiger partial charge >= 0.3 is 0 Å². The van der Waals surface area contributed by atoms with Crippen molar-refractivity contribution in [1.82, 2.24) is 14.5 Å². The molecule has 6 heteroatoms. The van der Waals surface area contributed by atoms with Gasteiger partial charge in [-0.15, -0.1) is 0 Å². The van der Waals surface area contributed by atoms with Crippen molar-refractivity contribution < 1.29 is 9.59 Å². The molecule has 30 heavy (non-hydrogen) atoms. The third-order valence-corrected chi connectivity index (χ3v) is 4.88. The molecule has 0 bridgehead atoms. The fraction of sp³-hybridized carbons (Fsp3) is 0.167. The van der Waals surface area contributed by atoms with E-state index in [1.807, 2.05) is 47.0 Å². The van der Waals surface area contributed by atoms with Crippen molar-refractivity contribution in [1.29, 1.82) is 0 Å². The number of rotatable bonds is 7. The van der Waals surface area contributed by atoms with Gasteiger partial charge in [0.15, 0.2) is 11.4 Å². The quantitative estimate of drug-likeness (QED) is 0.462. The van der Waals surface area contributed by atoms with Crippen molar-refractivity contribution in [3.8, 4) is 5.69 Å². The summed E-state index contributed by atoms with van der Waals surface area (Å²) in [5.41, 5.74) is 3.97. The number of nitrogens with zero attached hydrogens (tertiary/aromatic N) is 3. The second-order valence-corrected chi connectivity index (χ2v) is 7.08. The zero-order valence-electron chi connectivity index (χ0n) is 16.7. The number of fused-ring (bicyclic) bond motifs is 1. The number of aromatic nitrogens is 3. The molecule has 0 atom stereocenters. The van der Waals surface area contributed by atoms with Crippen LogP contribution in [0.1, 0.15) is 35.9 Å². The van der Waals surface area contributed by atoms with Crippen molar-refractivity contribution in [3.63, 3.8) is 0 Å². The highest BCUT2D eigenvalue weighted by molar-refractivity contribution is 5.95. The zero-order chi connectivity index (χ0) is 20.9. The summed E-state index contributed by atoms with van der Waals surface area (Å²) in [5, 5.41) is 2.88. The number of hydrogen-bond donors (Lipinski definition) is 1. The van der Waals surface area contributed by atoms with E-state index in [9.17, 15) is 9.59 Å². The number of imidazole rings is 1. The van der Waals surface area contributed by atoms with Crippen molar-refractivity contribution in [2.24, 2.45) is 0 Å². The van der Waals surface area contributed by atoms with Crippen molar-refractivity contribution >= 4 is 28.5 Å². The van der Waals surface area contributed by atoms with Crippen LogP contribution in [-0.2, 0) is 11.2 Å². The molecule has 0 fully saturated rings. The smallest absolute Gasteiger partial charge is 0.224 e. The maximum atomic E-state index is 12.3. The van der Waals surface area contributed by atoms with Gasteiger partial charge in [0, 0.05) is 36.0 Å². The normalized spacial score (nSPS) is 10.8. The predicted octanol–water partition coefficient (Wildman–Crippen LogP) is 4.58. The Morgan fingerprint density at radius 2 is 1.73 bits per heavy atom. The average molecular weight is 398 g/mol. The van der Waals surface area contributed by atoms with Gasteiger partial charge in [0.2, 0.25) is 5.91 Å². The molecule has 2 aromatic heterocycles. The first-order chi connectivity index (χ1) is 14.6. The SMILES string of the molecule is CC(=O)c1ccc(NC(=O)CCCc2nc3cccnc3n2-c2ccccc2)cc1. The molecule has 0 aliphatic heterocycles. The van der Waals surface area contributed by atoms with Crippen LogP contribution < -0.4 is 5.32 Å². The third kappa shape index (κ3) is 4.27. The van der Waals surface area contributed by atoms with Crippen molar-refractivity contribution in [2.45, 2.75) is 26.2 Å². The summed E-state index contributed by atoms with van der Waals surface area (Å²) in [5.74, 6) is 0.822. The maximum absolute atomic E-state index is 12.3. The van der Waals surface area contributed by atoms with Crippen LogP contribution >= 0.6 is 0 Å². The van der Waals surface area contributed by atoms with E-state index in [1.165, 1.54) is 6.92 Å². The van der Waals surface area contributed by atoms with Gasteiger partial charge in [0.1, 0.15) is 11.3 Å². The second kappa shape index (κ2) is 8.69. The number of aryl methyl sites for hydroxylation is 1. The molecule has 2 aromatic carbocycles. The highest BCUT2D eigenvalue weighted by atomic mass is 16.1. The Morgan fingerprint density at radius 3 is 2.47 bits per heavy atom. The Morgan fingerprint density at radius 1 is 0.967 bits per heavy atom. The average Bonchev–Trinajstić information content (AvgIpc) is 3.13. The molecular weight excluding hydrogens is 376 g/mol. The number of carbonyl (C=O) groups is 2. The molecule has 1 N–H and O–H groups in total. The predicted molar refractivity (Wildman–Crippen MR) is 117 cm³/mol. The standard InChI is InChI=1S/C24H22N4O2/c1-17(29)18-12-14-19(15-13-18)26-23(30)11-5-10-22-27-21-9-6-16-25-24(21)28(22)20-7-3-2-4-8-20/h2-4,6-9,12-16H,5,10-11H2,1H3,(H,26,30). The van der Waals surface area contributed by atoms with E-state index in [4.69, 9.17) is 4.98 Å². The van der Waals surface area contributed by atoms with E-state index < -0.39 is 0 Å². The fourth-order valence-corrected chi connectivity index (χ4v) is 3.39. The zero-order valence-corrected chi connectivity index (χ0v) is 16.7. The van der Waals surface area contributed by atoms with E-state index in [0.717, 1.165) is 22.7 Å². The van der Waals surface area contributed by atoms with Crippen LogP contribution in [0, 0.1) is 0 Å². The highest BCUT2D eigenvalue weighted by Crippen LogP contribution is 2.21. The summed E-state index contributed by atoms with van der Waals surface area (Å²) >= 11 is 0. The van der Waals surface area contributed by atoms with Crippen LogP contribution in [-0.4, -0.2) is 26.2 Å². The molecule has 0 aliphatic rings. The van der Waals surface area contributed by atoms with E-state index in [0.29, 0.717) is 30.5 Å². The summed E-state index contributed by atoms with van der Waals surface area (Å²) in [6.45, 7) is 1.52. The molecule has 6 nitrogen and oxygen atoms in total. The monoisotopic (exact) mass is 398 g/mol. The number of ketones is 1. The summed E-state index contributed by atoms with van der Waals surface area (Å²) < 4.78 is 2.05. The van der Waals surface area contributed by atoms with Crippen LogP contribution in [0.5, 0.6) is 0 Å². The minimum atomic E-state index is -0.0638. The molecule has 4 aromatic rings. The number of hydrogen-bond acceptors (Lipinski definition) is 4. The molecule has 0 spiro atoms. The lowest BCUT2D eigenvalue weighted by Gasteiger charge is -2.09. The first-order valence-corrected chi connectivity index (χ1v) is 9.90. The number of benzene rings is 2. The minimum absolute atomic E-state index is 0.00340. The van der Waals surface area contributed by atoms with E-state index in [2.05, 4.69) is 10.3 Å². The Balaban J connectivity index is 1.44. The molecule has 150 valence electrons. The summed E-state index contributed by atoms with van der Waals surface area (Å²) in [7, 11) is 0. The number of Topliss-reactive ketones (excluding diaryl/α,β-unsaturated/α-hetero) is 1. The molecule has 2 heterocycles. The van der Waals surface area contributed by atoms with Crippen LogP contribution in [0.25, 0.3) is 16.9 Å². The number of amides is 1. The molecule has 0 saturated heterocycles. The number of anilines is 1. The van der Waals surface area contributed by atoms with E-state index >= 15 is 0 Å². The lowest BCUT2D eigenvalue weighted by Crippen LogP contribution is -2.12. The lowest BCUT2D eigenvalue weighted by molar-refractivity contribution is -0.116. The van der Waals surface area contributed by atoms with Crippen molar-refractivity contribution in [3.05, 3.63) is 84.3 Å². The van der Waals surface area contributed by atoms with Gasteiger partial charge in [0.05, 0.1) is 0 Å². The second-order valence-electron chi connectivity index (χ2n) is 7.08. The van der Waals surface area contributed by atoms with Gasteiger partial charge in [-0.05, 0) is 61.9 Å².